The Labute approximate surface area is 102 Å². The number of benzene rings is 1. The number of para-hydroxylation sites is 1. The first-order valence-electron chi connectivity index (χ1n) is 5.43. The van der Waals surface area contributed by atoms with Crippen molar-refractivity contribution < 1.29 is 4.79 Å². The van der Waals surface area contributed by atoms with Gasteiger partial charge < -0.3 is 0 Å². The van der Waals surface area contributed by atoms with Crippen LogP contribution in [0.3, 0.4) is 0 Å². The van der Waals surface area contributed by atoms with Crippen molar-refractivity contribution in [1.29, 1.82) is 0 Å². The normalized spacial score (nSPS) is 23.6. The van der Waals surface area contributed by atoms with Gasteiger partial charge in [0.2, 0.25) is 0 Å². The predicted molar refractivity (Wildman–Crippen MR) is 66.4 cm³/mol. The molecule has 1 aromatic rings. The minimum absolute atomic E-state index is 0.0482. The van der Waals surface area contributed by atoms with E-state index in [0.717, 1.165) is 35.1 Å². The van der Waals surface area contributed by atoms with E-state index in [0.29, 0.717) is 0 Å². The maximum Gasteiger partial charge on any atom is 0.256 e. The van der Waals surface area contributed by atoms with Crippen LogP contribution < -0.4 is 5.01 Å². The van der Waals surface area contributed by atoms with E-state index in [2.05, 4.69) is 21.0 Å². The zero-order valence-electron chi connectivity index (χ0n) is 8.69. The summed E-state index contributed by atoms with van der Waals surface area (Å²) in [7, 11) is 0. The van der Waals surface area contributed by atoms with E-state index in [-0.39, 0.29) is 11.8 Å². The third-order valence-corrected chi connectivity index (χ3v) is 3.81. The average Bonchev–Trinajstić information content (AvgIpc) is 2.83. The Morgan fingerprint density at radius 1 is 1.38 bits per heavy atom. The van der Waals surface area contributed by atoms with Crippen LogP contribution in [0.5, 0.6) is 0 Å². The van der Waals surface area contributed by atoms with E-state index in [9.17, 15) is 4.79 Å². The van der Waals surface area contributed by atoms with Gasteiger partial charge in [-0.05, 0) is 47.3 Å². The average molecular weight is 279 g/mol. The van der Waals surface area contributed by atoms with Crippen molar-refractivity contribution in [3.63, 3.8) is 0 Å². The zero-order valence-corrected chi connectivity index (χ0v) is 10.3. The van der Waals surface area contributed by atoms with Crippen LogP contribution in [0.1, 0.15) is 19.3 Å². The first-order chi connectivity index (χ1) is 7.77. The number of halogens is 1. The van der Waals surface area contributed by atoms with Gasteiger partial charge in [0, 0.05) is 4.47 Å². The van der Waals surface area contributed by atoms with Gasteiger partial charge in [-0.2, -0.15) is 10.1 Å². The molecule has 1 amide bonds. The number of carbonyl (C=O) groups is 1. The molecule has 0 N–H and O–H groups in total. The molecule has 3 nitrogen and oxygen atoms in total. The van der Waals surface area contributed by atoms with Crippen molar-refractivity contribution in [1.82, 2.24) is 0 Å². The Kier molecular flexibility index (Phi) is 2.32. The van der Waals surface area contributed by atoms with Crippen LogP contribution in [0.15, 0.2) is 33.8 Å². The monoisotopic (exact) mass is 278 g/mol. The fourth-order valence-corrected chi connectivity index (χ4v) is 2.79. The number of hydrazone groups is 1. The van der Waals surface area contributed by atoms with E-state index >= 15 is 0 Å². The molecule has 1 aliphatic carbocycles. The van der Waals surface area contributed by atoms with E-state index in [1.807, 2.05) is 24.3 Å². The lowest BCUT2D eigenvalue weighted by molar-refractivity contribution is -0.119. The molecule has 0 aromatic heterocycles. The maximum absolute atomic E-state index is 12.1. The Balaban J connectivity index is 2.01. The summed E-state index contributed by atoms with van der Waals surface area (Å²) in [4.78, 5) is 12.1. The largest absolute Gasteiger partial charge is 0.272 e. The Morgan fingerprint density at radius 2 is 2.19 bits per heavy atom. The number of hydrogen-bond donors (Lipinski definition) is 0. The fraction of sp³-hybridized carbons (Fsp3) is 0.333. The highest BCUT2D eigenvalue weighted by Crippen LogP contribution is 2.35. The summed E-state index contributed by atoms with van der Waals surface area (Å²) in [6.07, 6.45) is 3.02. The van der Waals surface area contributed by atoms with Gasteiger partial charge in [0.05, 0.1) is 17.3 Å². The Bertz CT molecular complexity index is 484. The van der Waals surface area contributed by atoms with E-state index in [1.165, 1.54) is 0 Å². The molecule has 1 saturated carbocycles. The van der Waals surface area contributed by atoms with Gasteiger partial charge in [0.15, 0.2) is 0 Å². The van der Waals surface area contributed by atoms with Crippen molar-refractivity contribution >= 4 is 33.2 Å². The highest BCUT2D eigenvalue weighted by atomic mass is 79.9. The van der Waals surface area contributed by atoms with Crippen LogP contribution >= 0.6 is 15.9 Å². The van der Waals surface area contributed by atoms with Gasteiger partial charge in [-0.3, -0.25) is 4.79 Å². The number of nitrogens with zero attached hydrogens (tertiary/aromatic N) is 2. The summed E-state index contributed by atoms with van der Waals surface area (Å²) >= 11 is 3.45. The second-order valence-electron chi connectivity index (χ2n) is 4.14. The molecule has 1 aliphatic heterocycles. The molecule has 1 aromatic carbocycles. The minimum atomic E-state index is 0.0482. The van der Waals surface area contributed by atoms with Crippen molar-refractivity contribution in [3.05, 3.63) is 28.7 Å². The number of rotatable bonds is 1. The second kappa shape index (κ2) is 3.70. The molecule has 16 heavy (non-hydrogen) atoms. The molecule has 0 bridgehead atoms. The van der Waals surface area contributed by atoms with E-state index in [4.69, 9.17) is 0 Å². The van der Waals surface area contributed by atoms with Gasteiger partial charge in [-0.1, -0.05) is 12.1 Å². The first-order valence-corrected chi connectivity index (χ1v) is 6.22. The first kappa shape index (κ1) is 10.0. The third-order valence-electron chi connectivity index (χ3n) is 3.14. The molecular weight excluding hydrogens is 268 g/mol. The van der Waals surface area contributed by atoms with Crippen LogP contribution in [-0.2, 0) is 4.79 Å². The Morgan fingerprint density at radius 3 is 2.94 bits per heavy atom. The summed E-state index contributed by atoms with van der Waals surface area (Å²) in [6, 6.07) is 7.69. The van der Waals surface area contributed by atoms with Crippen LogP contribution in [0.25, 0.3) is 0 Å². The molecule has 1 heterocycles. The molecule has 1 fully saturated rings. The van der Waals surface area contributed by atoms with Gasteiger partial charge in [0.25, 0.3) is 5.91 Å². The van der Waals surface area contributed by atoms with E-state index in [1.54, 1.807) is 5.01 Å². The van der Waals surface area contributed by atoms with Crippen LogP contribution in [-0.4, -0.2) is 11.6 Å². The standard InChI is InChI=1S/C12H11BrN2O/c13-9-5-1-2-7-11(9)15-12(16)8-4-3-6-10(8)14-15/h1-2,5,7-8H,3-4,6H2. The van der Waals surface area contributed by atoms with Gasteiger partial charge >= 0.3 is 0 Å². The molecule has 0 spiro atoms. The molecule has 3 rings (SSSR count). The lowest BCUT2D eigenvalue weighted by Gasteiger charge is -2.15. The van der Waals surface area contributed by atoms with Crippen molar-refractivity contribution in [3.8, 4) is 0 Å². The highest BCUT2D eigenvalue weighted by molar-refractivity contribution is 9.10. The summed E-state index contributed by atoms with van der Waals surface area (Å²) < 4.78 is 0.910. The van der Waals surface area contributed by atoms with Gasteiger partial charge in [-0.25, -0.2) is 0 Å². The minimum Gasteiger partial charge on any atom is -0.272 e. The number of carbonyl (C=O) groups excluding carboxylic acids is 1. The molecule has 0 radical (unpaired) electrons. The SMILES string of the molecule is O=C1C2CCCC2=NN1c1ccccc1Br. The third kappa shape index (κ3) is 1.40. The molecular formula is C12H11BrN2O. The summed E-state index contributed by atoms with van der Waals surface area (Å²) in [5, 5.41) is 5.98. The molecule has 1 unspecified atom stereocenters. The fourth-order valence-electron chi connectivity index (χ4n) is 2.34. The highest BCUT2D eigenvalue weighted by Gasteiger charge is 2.39. The molecule has 82 valence electrons. The van der Waals surface area contributed by atoms with Crippen LogP contribution in [0, 0.1) is 5.92 Å². The number of fused-ring (bicyclic) bond motifs is 1. The molecule has 0 saturated heterocycles. The van der Waals surface area contributed by atoms with Crippen molar-refractivity contribution in [2.75, 3.05) is 5.01 Å². The lowest BCUT2D eigenvalue weighted by atomic mass is 10.1. The Hall–Kier alpha value is -1.16. The topological polar surface area (TPSA) is 32.7 Å². The van der Waals surface area contributed by atoms with E-state index < -0.39 is 0 Å². The summed E-state index contributed by atoms with van der Waals surface area (Å²) in [6.45, 7) is 0. The smallest absolute Gasteiger partial charge is 0.256 e. The number of hydrogen-bond acceptors (Lipinski definition) is 2. The second-order valence-corrected chi connectivity index (χ2v) is 4.99. The molecule has 1 atom stereocenters. The molecule has 4 heteroatoms. The summed E-state index contributed by atoms with van der Waals surface area (Å²) in [5.41, 5.74) is 1.90. The van der Waals surface area contributed by atoms with Crippen LogP contribution in [0.4, 0.5) is 5.69 Å². The van der Waals surface area contributed by atoms with Crippen LogP contribution in [0.2, 0.25) is 0 Å². The zero-order chi connectivity index (χ0) is 11.1. The lowest BCUT2D eigenvalue weighted by Crippen LogP contribution is -2.25. The number of amides is 1. The quantitative estimate of drug-likeness (QED) is 0.778. The van der Waals surface area contributed by atoms with Gasteiger partial charge in [-0.15, -0.1) is 0 Å². The molecule has 2 aliphatic rings. The number of anilines is 1. The van der Waals surface area contributed by atoms with Crippen molar-refractivity contribution in [2.45, 2.75) is 19.3 Å². The van der Waals surface area contributed by atoms with Crippen molar-refractivity contribution in [2.24, 2.45) is 11.0 Å². The van der Waals surface area contributed by atoms with Gasteiger partial charge in [0.1, 0.15) is 0 Å². The summed E-state index contributed by atoms with van der Waals surface area (Å²) in [5.74, 6) is 0.173. The maximum atomic E-state index is 12.1. The predicted octanol–water partition coefficient (Wildman–Crippen LogP) is 2.95.